The van der Waals surface area contributed by atoms with E-state index in [-0.39, 0.29) is 0 Å². The second-order valence-electron chi connectivity index (χ2n) is 6.45. The summed E-state index contributed by atoms with van der Waals surface area (Å²) in [5.41, 5.74) is 7.02. The lowest BCUT2D eigenvalue weighted by atomic mass is 9.96. The highest BCUT2D eigenvalue weighted by atomic mass is 32.2. The molecule has 0 radical (unpaired) electrons. The summed E-state index contributed by atoms with van der Waals surface area (Å²) in [7, 11) is 0. The van der Waals surface area contributed by atoms with Gasteiger partial charge in [-0.15, -0.1) is 11.8 Å². The summed E-state index contributed by atoms with van der Waals surface area (Å²) in [5.74, 6) is 0.917. The Hall–Kier alpha value is -1.55. The van der Waals surface area contributed by atoms with Gasteiger partial charge >= 0.3 is 0 Å². The Kier molecular flexibility index (Phi) is 6.27. The van der Waals surface area contributed by atoms with Gasteiger partial charge in [0.1, 0.15) is 5.03 Å². The van der Waals surface area contributed by atoms with Crippen LogP contribution in [0.4, 0.5) is 5.82 Å². The van der Waals surface area contributed by atoms with Crippen molar-refractivity contribution in [2.75, 3.05) is 11.6 Å². The molecule has 2 rings (SSSR count). The molecule has 0 aliphatic rings. The van der Waals surface area contributed by atoms with E-state index in [1.165, 1.54) is 22.3 Å². The molecule has 0 bridgehead atoms. The van der Waals surface area contributed by atoms with Crippen LogP contribution in [0, 0.1) is 27.7 Å². The number of aryl methyl sites for hydroxylation is 4. The van der Waals surface area contributed by atoms with Crippen LogP contribution in [-0.4, -0.2) is 22.3 Å². The maximum absolute atomic E-state index is 4.97. The Morgan fingerprint density at radius 3 is 2.08 bits per heavy atom. The minimum absolute atomic E-state index is 0.443. The number of rotatable bonds is 6. The highest BCUT2D eigenvalue weighted by molar-refractivity contribution is 7.98. The van der Waals surface area contributed by atoms with Crippen molar-refractivity contribution in [1.82, 2.24) is 9.97 Å². The molecule has 0 aliphatic carbocycles. The summed E-state index contributed by atoms with van der Waals surface area (Å²) in [6.45, 7) is 12.9. The molecule has 1 N–H and O–H groups in total. The number of hydrogen-bond donors (Lipinski definition) is 1. The molecule has 0 aliphatic heterocycles. The van der Waals surface area contributed by atoms with Gasteiger partial charge in [0.15, 0.2) is 5.82 Å². The lowest BCUT2D eigenvalue weighted by Crippen LogP contribution is -2.19. The molecule has 1 aromatic carbocycles. The van der Waals surface area contributed by atoms with Crippen molar-refractivity contribution in [1.29, 1.82) is 0 Å². The molecule has 0 fully saturated rings. The van der Waals surface area contributed by atoms with Crippen LogP contribution in [-0.2, 0) is 0 Å². The predicted octanol–water partition coefficient (Wildman–Crippen LogP) is 5.70. The number of thioether (sulfide) groups is 1. The van der Waals surface area contributed by atoms with E-state index in [0.717, 1.165) is 35.1 Å². The molecule has 2 aromatic rings. The Balaban J connectivity index is 2.55. The first kappa shape index (κ1) is 18.8. The predicted molar refractivity (Wildman–Crippen MR) is 106 cm³/mol. The molecule has 0 spiro atoms. The molecule has 1 aromatic heterocycles. The summed E-state index contributed by atoms with van der Waals surface area (Å²) in [6, 6.07) is 4.88. The molecule has 130 valence electrons. The van der Waals surface area contributed by atoms with E-state index in [9.17, 15) is 0 Å². The Labute approximate surface area is 150 Å². The van der Waals surface area contributed by atoms with E-state index in [2.05, 4.69) is 65.2 Å². The van der Waals surface area contributed by atoms with Crippen LogP contribution in [0.25, 0.3) is 11.3 Å². The van der Waals surface area contributed by atoms with Crippen molar-refractivity contribution in [3.63, 3.8) is 0 Å². The van der Waals surface area contributed by atoms with Gasteiger partial charge in [0.05, 0.1) is 11.4 Å². The first-order valence-corrected chi connectivity index (χ1v) is 9.91. The second kappa shape index (κ2) is 8.02. The van der Waals surface area contributed by atoms with E-state index in [4.69, 9.17) is 9.97 Å². The lowest BCUT2D eigenvalue weighted by molar-refractivity contribution is 0.664. The van der Waals surface area contributed by atoms with Gasteiger partial charge in [0, 0.05) is 11.6 Å². The van der Waals surface area contributed by atoms with Gasteiger partial charge in [0.25, 0.3) is 0 Å². The number of nitrogens with one attached hydrogen (secondary N) is 1. The number of benzene rings is 1. The molecule has 0 atom stereocenters. The third-order valence-electron chi connectivity index (χ3n) is 4.47. The van der Waals surface area contributed by atoms with Crippen LogP contribution in [0.5, 0.6) is 0 Å². The number of aromatic nitrogens is 2. The van der Waals surface area contributed by atoms with E-state index in [1.807, 2.05) is 0 Å². The Bertz CT molecular complexity index is 698. The highest BCUT2D eigenvalue weighted by Gasteiger charge is 2.17. The van der Waals surface area contributed by atoms with Gasteiger partial charge in [-0.05, 0) is 57.9 Å². The minimum Gasteiger partial charge on any atom is -0.365 e. The van der Waals surface area contributed by atoms with E-state index in [1.54, 1.807) is 11.8 Å². The first-order valence-electron chi connectivity index (χ1n) is 8.68. The van der Waals surface area contributed by atoms with Crippen LogP contribution in [0.2, 0.25) is 0 Å². The average Bonchev–Trinajstić information content (AvgIpc) is 2.53. The molecular weight excluding hydrogens is 314 g/mol. The monoisotopic (exact) mass is 343 g/mol. The normalized spacial score (nSPS) is 11.2. The zero-order valence-corrected chi connectivity index (χ0v) is 16.8. The fraction of sp³-hybridized carbons (Fsp3) is 0.500. The van der Waals surface area contributed by atoms with Crippen LogP contribution < -0.4 is 5.32 Å². The summed E-state index contributed by atoms with van der Waals surface area (Å²) in [6.07, 6.45) is 4.24. The van der Waals surface area contributed by atoms with Gasteiger partial charge in [-0.2, -0.15) is 0 Å². The molecule has 0 saturated heterocycles. The fourth-order valence-corrected chi connectivity index (χ4v) is 3.70. The molecule has 24 heavy (non-hydrogen) atoms. The summed E-state index contributed by atoms with van der Waals surface area (Å²) in [4.78, 5) is 9.84. The van der Waals surface area contributed by atoms with Gasteiger partial charge in [0.2, 0.25) is 0 Å². The third kappa shape index (κ3) is 3.92. The van der Waals surface area contributed by atoms with E-state index in [0.29, 0.717) is 6.04 Å². The van der Waals surface area contributed by atoms with Gasteiger partial charge in [-0.3, -0.25) is 0 Å². The molecule has 3 nitrogen and oxygen atoms in total. The Morgan fingerprint density at radius 2 is 1.58 bits per heavy atom. The van der Waals surface area contributed by atoms with Crippen molar-refractivity contribution < 1.29 is 0 Å². The summed E-state index contributed by atoms with van der Waals surface area (Å²) in [5, 5.41) is 4.54. The van der Waals surface area contributed by atoms with Crippen LogP contribution in [0.3, 0.4) is 0 Å². The van der Waals surface area contributed by atoms with Gasteiger partial charge < -0.3 is 5.32 Å². The van der Waals surface area contributed by atoms with Gasteiger partial charge in [-0.1, -0.05) is 31.5 Å². The lowest BCUT2D eigenvalue weighted by Gasteiger charge is -2.20. The van der Waals surface area contributed by atoms with E-state index >= 15 is 0 Å². The quantitative estimate of drug-likeness (QED) is 0.683. The standard InChI is InChI=1S/C20H29N3S/c1-8-16(9-2)22-19-20(24-7)23-18(15(6)21-19)17-13(4)10-12(3)11-14(17)5/h10-11,16H,8-9H2,1-7H3,(H,21,22). The first-order chi connectivity index (χ1) is 11.4. The van der Waals surface area contributed by atoms with Crippen molar-refractivity contribution in [2.24, 2.45) is 0 Å². The molecule has 4 heteroatoms. The highest BCUT2D eigenvalue weighted by Crippen LogP contribution is 2.33. The molecule has 0 amide bonds. The SMILES string of the molecule is CCC(CC)Nc1nc(C)c(-c2c(C)cc(C)cc2C)nc1SC. The third-order valence-corrected chi connectivity index (χ3v) is 5.14. The minimum atomic E-state index is 0.443. The molecular formula is C20H29N3S. The smallest absolute Gasteiger partial charge is 0.159 e. The van der Waals surface area contributed by atoms with Crippen LogP contribution >= 0.6 is 11.8 Å². The van der Waals surface area contributed by atoms with Gasteiger partial charge in [-0.25, -0.2) is 9.97 Å². The topological polar surface area (TPSA) is 37.8 Å². The van der Waals surface area contributed by atoms with E-state index < -0.39 is 0 Å². The average molecular weight is 344 g/mol. The second-order valence-corrected chi connectivity index (χ2v) is 7.24. The molecule has 0 unspecified atom stereocenters. The number of anilines is 1. The number of nitrogens with zero attached hydrogens (tertiary/aromatic N) is 2. The largest absolute Gasteiger partial charge is 0.365 e. The zero-order valence-electron chi connectivity index (χ0n) is 15.9. The zero-order chi connectivity index (χ0) is 17.9. The maximum Gasteiger partial charge on any atom is 0.159 e. The van der Waals surface area contributed by atoms with Crippen molar-refractivity contribution in [2.45, 2.75) is 65.5 Å². The molecule has 0 saturated carbocycles. The van der Waals surface area contributed by atoms with Crippen molar-refractivity contribution >= 4 is 17.6 Å². The molecule has 1 heterocycles. The van der Waals surface area contributed by atoms with Crippen molar-refractivity contribution in [3.05, 3.63) is 34.5 Å². The maximum atomic E-state index is 4.97. The fourth-order valence-electron chi connectivity index (χ4n) is 3.22. The Morgan fingerprint density at radius 1 is 1.00 bits per heavy atom. The number of hydrogen-bond acceptors (Lipinski definition) is 4. The van der Waals surface area contributed by atoms with Crippen LogP contribution in [0.1, 0.15) is 49.1 Å². The summed E-state index contributed by atoms with van der Waals surface area (Å²) < 4.78 is 0. The van der Waals surface area contributed by atoms with Crippen molar-refractivity contribution in [3.8, 4) is 11.3 Å². The van der Waals surface area contributed by atoms with Crippen LogP contribution in [0.15, 0.2) is 17.2 Å². The summed E-state index contributed by atoms with van der Waals surface area (Å²) >= 11 is 1.65.